The van der Waals surface area contributed by atoms with Gasteiger partial charge in [0.1, 0.15) is 0 Å². The van der Waals surface area contributed by atoms with Gasteiger partial charge in [-0.2, -0.15) is 0 Å². The Labute approximate surface area is 154 Å². The third kappa shape index (κ3) is 5.26. The van der Waals surface area contributed by atoms with E-state index in [2.05, 4.69) is 5.32 Å². The maximum absolute atomic E-state index is 13.2. The first kappa shape index (κ1) is 21.6. The van der Waals surface area contributed by atoms with E-state index >= 15 is 0 Å². The van der Waals surface area contributed by atoms with Crippen molar-refractivity contribution < 1.29 is 19.5 Å². The van der Waals surface area contributed by atoms with Gasteiger partial charge in [0.25, 0.3) is 0 Å². The Morgan fingerprint density at radius 1 is 1.15 bits per heavy atom. The number of carboxylic acid groups (broad SMARTS) is 1. The summed E-state index contributed by atoms with van der Waals surface area (Å²) in [6.07, 6.45) is 1.13. The molecule has 6 nitrogen and oxygen atoms in total. The predicted molar refractivity (Wildman–Crippen MR) is 100 cm³/mol. The molecule has 0 aliphatic heterocycles. The van der Waals surface area contributed by atoms with E-state index in [-0.39, 0.29) is 18.0 Å². The highest BCUT2D eigenvalue weighted by Crippen LogP contribution is 2.25. The van der Waals surface area contributed by atoms with Crippen molar-refractivity contribution in [1.82, 2.24) is 5.32 Å². The number of carbonyl (C=O) groups excluding carboxylic acids is 2. The number of primary amides is 1. The maximum Gasteiger partial charge on any atom is 0.307 e. The number of carbonyl (C=O) groups is 3. The summed E-state index contributed by atoms with van der Waals surface area (Å²) in [5, 5.41) is 12.2. The van der Waals surface area contributed by atoms with E-state index in [1.165, 1.54) is 0 Å². The average Bonchev–Trinajstić information content (AvgIpc) is 2.54. The summed E-state index contributed by atoms with van der Waals surface area (Å²) in [5.41, 5.74) is 4.94. The lowest BCUT2D eigenvalue weighted by molar-refractivity contribution is -0.140. The summed E-state index contributed by atoms with van der Waals surface area (Å²) in [7, 11) is 0. The van der Waals surface area contributed by atoms with Gasteiger partial charge in [0.15, 0.2) is 11.3 Å². The predicted octanol–water partition coefficient (Wildman–Crippen LogP) is 2.28. The SMILES string of the molecule is CC(C)C=C(CC(=O)O)C(=O)[C@@](NCc1ccccc1)(C(N)=O)C(C)C. The smallest absolute Gasteiger partial charge is 0.307 e. The standard InChI is InChI=1S/C20H28N2O4/c1-13(2)10-16(11-17(23)24)18(25)20(14(3)4,19(21)26)22-12-15-8-6-5-7-9-15/h5-10,13-14,22H,11-12H2,1-4H3,(H2,21,26)(H,23,24)/t20-/m1/s1. The molecule has 0 heterocycles. The molecule has 1 rings (SSSR count). The van der Waals surface area contributed by atoms with Gasteiger partial charge < -0.3 is 10.8 Å². The number of amides is 1. The lowest BCUT2D eigenvalue weighted by Gasteiger charge is -2.35. The minimum atomic E-state index is -1.67. The molecule has 0 bridgehead atoms. The quantitative estimate of drug-likeness (QED) is 0.438. The first-order valence-electron chi connectivity index (χ1n) is 8.67. The molecule has 0 saturated carbocycles. The molecule has 0 saturated heterocycles. The molecule has 0 spiro atoms. The monoisotopic (exact) mass is 360 g/mol. The average molecular weight is 360 g/mol. The molecule has 0 radical (unpaired) electrons. The van der Waals surface area contributed by atoms with E-state index in [4.69, 9.17) is 10.8 Å². The molecule has 0 aliphatic carbocycles. The summed E-state index contributed by atoms with van der Waals surface area (Å²) in [5.74, 6) is -3.02. The first-order valence-corrected chi connectivity index (χ1v) is 8.67. The van der Waals surface area contributed by atoms with Crippen LogP contribution in [0.25, 0.3) is 0 Å². The second-order valence-electron chi connectivity index (χ2n) is 7.00. The van der Waals surface area contributed by atoms with Crippen LogP contribution >= 0.6 is 0 Å². The number of nitrogens with two attached hydrogens (primary N) is 1. The minimum Gasteiger partial charge on any atom is -0.481 e. The van der Waals surface area contributed by atoms with Crippen LogP contribution < -0.4 is 11.1 Å². The van der Waals surface area contributed by atoms with Crippen molar-refractivity contribution in [3.63, 3.8) is 0 Å². The van der Waals surface area contributed by atoms with Crippen LogP contribution in [0.1, 0.15) is 39.7 Å². The topological polar surface area (TPSA) is 109 Å². The lowest BCUT2D eigenvalue weighted by atomic mass is 9.77. The largest absolute Gasteiger partial charge is 0.481 e. The molecule has 142 valence electrons. The number of aliphatic carboxylic acids is 1. The zero-order valence-corrected chi connectivity index (χ0v) is 15.8. The van der Waals surface area contributed by atoms with E-state index in [1.807, 2.05) is 44.2 Å². The molecule has 1 atom stereocenters. The van der Waals surface area contributed by atoms with Crippen LogP contribution in [-0.4, -0.2) is 28.3 Å². The highest BCUT2D eigenvalue weighted by molar-refractivity contribution is 6.18. The molecule has 1 aromatic rings. The van der Waals surface area contributed by atoms with E-state index in [1.54, 1.807) is 19.9 Å². The number of hydrogen-bond acceptors (Lipinski definition) is 4. The van der Waals surface area contributed by atoms with Crippen LogP contribution in [0, 0.1) is 11.8 Å². The third-order valence-electron chi connectivity index (χ3n) is 4.19. The summed E-state index contributed by atoms with van der Waals surface area (Å²) in [6, 6.07) is 9.31. The maximum atomic E-state index is 13.2. The molecule has 0 fully saturated rings. The van der Waals surface area contributed by atoms with Crippen molar-refractivity contribution in [2.45, 2.75) is 46.2 Å². The number of hydrogen-bond donors (Lipinski definition) is 3. The molecule has 6 heteroatoms. The van der Waals surface area contributed by atoms with Crippen molar-refractivity contribution in [3.8, 4) is 0 Å². The normalized spacial score (nSPS) is 14.3. The summed E-state index contributed by atoms with van der Waals surface area (Å²) >= 11 is 0. The van der Waals surface area contributed by atoms with Crippen LogP contribution in [-0.2, 0) is 20.9 Å². The number of nitrogens with one attached hydrogen (secondary N) is 1. The van der Waals surface area contributed by atoms with E-state index < -0.39 is 35.5 Å². The molecule has 1 amide bonds. The Bertz CT molecular complexity index is 680. The van der Waals surface area contributed by atoms with Gasteiger partial charge in [-0.05, 0) is 17.4 Å². The summed E-state index contributed by atoms with van der Waals surface area (Å²) < 4.78 is 0. The number of Topliss-reactive ketones (excluding diaryl/α,β-unsaturated/α-hetero) is 1. The number of rotatable bonds is 10. The molecule has 0 unspecified atom stereocenters. The molecular formula is C20H28N2O4. The first-order chi connectivity index (χ1) is 12.1. The summed E-state index contributed by atoms with van der Waals surface area (Å²) in [6.45, 7) is 7.38. The number of ketones is 1. The van der Waals surface area contributed by atoms with Crippen molar-refractivity contribution in [1.29, 1.82) is 0 Å². The molecule has 1 aromatic carbocycles. The third-order valence-corrected chi connectivity index (χ3v) is 4.19. The van der Waals surface area contributed by atoms with Crippen molar-refractivity contribution in [2.24, 2.45) is 17.6 Å². The van der Waals surface area contributed by atoms with Crippen LogP contribution in [0.3, 0.4) is 0 Å². The molecule has 4 N–H and O–H groups in total. The van der Waals surface area contributed by atoms with Gasteiger partial charge in [-0.15, -0.1) is 0 Å². The molecule has 26 heavy (non-hydrogen) atoms. The Kier molecular flexibility index (Phi) is 7.71. The van der Waals surface area contributed by atoms with Gasteiger partial charge in [-0.1, -0.05) is 64.1 Å². The fourth-order valence-corrected chi connectivity index (χ4v) is 2.90. The Morgan fingerprint density at radius 2 is 1.73 bits per heavy atom. The number of benzene rings is 1. The van der Waals surface area contributed by atoms with Gasteiger partial charge in [0, 0.05) is 12.1 Å². The van der Waals surface area contributed by atoms with Crippen LogP contribution in [0.2, 0.25) is 0 Å². The second kappa shape index (κ2) is 9.29. The second-order valence-corrected chi connectivity index (χ2v) is 7.00. The van der Waals surface area contributed by atoms with E-state index in [9.17, 15) is 14.4 Å². The van der Waals surface area contributed by atoms with E-state index in [0.717, 1.165) is 5.56 Å². The van der Waals surface area contributed by atoms with Gasteiger partial charge in [-0.3, -0.25) is 19.7 Å². The zero-order valence-electron chi connectivity index (χ0n) is 15.8. The van der Waals surface area contributed by atoms with Gasteiger partial charge in [0.2, 0.25) is 5.91 Å². The molecular weight excluding hydrogens is 332 g/mol. The lowest BCUT2D eigenvalue weighted by Crippen LogP contribution is -2.64. The van der Waals surface area contributed by atoms with Crippen LogP contribution in [0.4, 0.5) is 0 Å². The Hall–Kier alpha value is -2.47. The van der Waals surface area contributed by atoms with Gasteiger partial charge in [0.05, 0.1) is 6.42 Å². The zero-order chi connectivity index (χ0) is 19.9. The van der Waals surface area contributed by atoms with E-state index in [0.29, 0.717) is 0 Å². The highest BCUT2D eigenvalue weighted by atomic mass is 16.4. The van der Waals surface area contributed by atoms with Crippen LogP contribution in [0.15, 0.2) is 42.0 Å². The van der Waals surface area contributed by atoms with Gasteiger partial charge in [-0.25, -0.2) is 0 Å². The highest BCUT2D eigenvalue weighted by Gasteiger charge is 2.48. The fourth-order valence-electron chi connectivity index (χ4n) is 2.90. The number of allylic oxidation sites excluding steroid dienone is 1. The van der Waals surface area contributed by atoms with Crippen molar-refractivity contribution in [2.75, 3.05) is 0 Å². The molecule has 0 aromatic heterocycles. The Morgan fingerprint density at radius 3 is 2.15 bits per heavy atom. The Balaban J connectivity index is 3.31. The van der Waals surface area contributed by atoms with Crippen molar-refractivity contribution >= 4 is 17.7 Å². The minimum absolute atomic E-state index is 0.0415. The fraction of sp³-hybridized carbons (Fsp3) is 0.450. The van der Waals surface area contributed by atoms with Crippen LogP contribution in [0.5, 0.6) is 0 Å². The molecule has 0 aliphatic rings. The summed E-state index contributed by atoms with van der Waals surface area (Å²) in [4.78, 5) is 36.8. The number of carboxylic acids is 1. The van der Waals surface area contributed by atoms with Crippen molar-refractivity contribution in [3.05, 3.63) is 47.5 Å². The van der Waals surface area contributed by atoms with Gasteiger partial charge >= 0.3 is 5.97 Å².